The molecule has 0 heterocycles. The number of hydrogen-bond acceptors (Lipinski definition) is 3. The molecule has 132 valence electrons. The summed E-state index contributed by atoms with van der Waals surface area (Å²) in [5, 5.41) is 2.89. The molecule has 2 aromatic carbocycles. The lowest BCUT2D eigenvalue weighted by Crippen LogP contribution is -2.23. The van der Waals surface area contributed by atoms with E-state index in [2.05, 4.69) is 24.4 Å². The van der Waals surface area contributed by atoms with E-state index in [9.17, 15) is 4.79 Å². The fourth-order valence-corrected chi connectivity index (χ4v) is 2.32. The molecule has 0 unspecified atom stereocenters. The van der Waals surface area contributed by atoms with Crippen LogP contribution in [0.3, 0.4) is 0 Å². The smallest absolute Gasteiger partial charge is 0.244 e. The van der Waals surface area contributed by atoms with E-state index in [1.807, 2.05) is 36.4 Å². The summed E-state index contributed by atoms with van der Waals surface area (Å²) in [6.07, 6.45) is 5.06. The van der Waals surface area contributed by atoms with Gasteiger partial charge < -0.3 is 14.8 Å². The van der Waals surface area contributed by atoms with Gasteiger partial charge in [0.15, 0.2) is 11.5 Å². The van der Waals surface area contributed by atoms with E-state index in [-0.39, 0.29) is 5.91 Å². The highest BCUT2D eigenvalue weighted by Crippen LogP contribution is 2.28. The Balaban J connectivity index is 1.86. The van der Waals surface area contributed by atoms with Crippen LogP contribution in [0.5, 0.6) is 11.5 Å². The van der Waals surface area contributed by atoms with Gasteiger partial charge in [0.05, 0.1) is 13.7 Å². The number of nitrogens with one attached hydrogen (secondary N) is 1. The third-order valence-electron chi connectivity index (χ3n) is 3.63. The monoisotopic (exact) mass is 339 g/mol. The van der Waals surface area contributed by atoms with Gasteiger partial charge in [0.1, 0.15) is 0 Å². The molecular formula is C21H25NO3. The molecule has 2 aromatic rings. The molecule has 0 bridgehead atoms. The summed E-state index contributed by atoms with van der Waals surface area (Å²) in [6, 6.07) is 15.7. The molecule has 1 N–H and O–H groups in total. The number of benzene rings is 2. The van der Waals surface area contributed by atoms with Gasteiger partial charge in [-0.05, 0) is 42.2 Å². The van der Waals surface area contributed by atoms with Crippen molar-refractivity contribution >= 4 is 12.0 Å². The Morgan fingerprint density at radius 3 is 2.64 bits per heavy atom. The molecular weight excluding hydrogens is 314 g/mol. The molecule has 4 heteroatoms. The molecule has 0 aliphatic carbocycles. The first kappa shape index (κ1) is 18.6. The summed E-state index contributed by atoms with van der Waals surface area (Å²) in [6.45, 7) is 3.32. The first-order valence-corrected chi connectivity index (χ1v) is 8.53. The Morgan fingerprint density at radius 1 is 1.12 bits per heavy atom. The van der Waals surface area contributed by atoms with Gasteiger partial charge in [-0.2, -0.15) is 0 Å². The summed E-state index contributed by atoms with van der Waals surface area (Å²) in [5.74, 6) is 1.27. The molecule has 1 amide bonds. The molecule has 0 aromatic heterocycles. The van der Waals surface area contributed by atoms with E-state index in [0.29, 0.717) is 24.7 Å². The van der Waals surface area contributed by atoms with Crippen molar-refractivity contribution < 1.29 is 14.3 Å². The first-order chi connectivity index (χ1) is 12.2. The van der Waals surface area contributed by atoms with Crippen molar-refractivity contribution in [2.45, 2.75) is 19.8 Å². The van der Waals surface area contributed by atoms with E-state index in [1.165, 1.54) is 11.6 Å². The van der Waals surface area contributed by atoms with E-state index in [0.717, 1.165) is 18.4 Å². The quantitative estimate of drug-likeness (QED) is 0.706. The maximum atomic E-state index is 11.9. The predicted octanol–water partition coefficient (Wildman–Crippen LogP) is 3.86. The second-order valence-corrected chi connectivity index (χ2v) is 5.62. The lowest BCUT2D eigenvalue weighted by Gasteiger charge is -2.10. The third kappa shape index (κ3) is 6.34. The molecule has 25 heavy (non-hydrogen) atoms. The lowest BCUT2D eigenvalue weighted by atomic mass is 10.1. The van der Waals surface area contributed by atoms with Crippen LogP contribution in [-0.2, 0) is 11.2 Å². The molecule has 0 fully saturated rings. The number of carbonyl (C=O) groups is 1. The van der Waals surface area contributed by atoms with Crippen LogP contribution in [-0.4, -0.2) is 26.2 Å². The van der Waals surface area contributed by atoms with Gasteiger partial charge in [-0.15, -0.1) is 0 Å². The SMILES string of the molecule is CCCOc1ccc(/C=C/C(=O)NCCc2ccccc2)cc1OC. The normalized spacial score (nSPS) is 10.6. The Bertz CT molecular complexity index is 696. The maximum Gasteiger partial charge on any atom is 0.244 e. The Kier molecular flexibility index (Phi) is 7.57. The van der Waals surface area contributed by atoms with Gasteiger partial charge in [0.2, 0.25) is 5.91 Å². The third-order valence-corrected chi connectivity index (χ3v) is 3.63. The predicted molar refractivity (Wildman–Crippen MR) is 101 cm³/mol. The highest BCUT2D eigenvalue weighted by molar-refractivity contribution is 5.91. The van der Waals surface area contributed by atoms with Crippen LogP contribution < -0.4 is 14.8 Å². The van der Waals surface area contributed by atoms with E-state index >= 15 is 0 Å². The molecule has 0 saturated heterocycles. The van der Waals surface area contributed by atoms with Gasteiger partial charge in [0.25, 0.3) is 0 Å². The number of methoxy groups -OCH3 is 1. The van der Waals surface area contributed by atoms with E-state index in [1.54, 1.807) is 13.2 Å². The van der Waals surface area contributed by atoms with E-state index < -0.39 is 0 Å². The van der Waals surface area contributed by atoms with Crippen molar-refractivity contribution in [2.75, 3.05) is 20.3 Å². The summed E-state index contributed by atoms with van der Waals surface area (Å²) in [5.41, 5.74) is 2.10. The highest BCUT2D eigenvalue weighted by Gasteiger charge is 2.04. The number of rotatable bonds is 9. The van der Waals surface area contributed by atoms with E-state index in [4.69, 9.17) is 9.47 Å². The molecule has 0 aliphatic heterocycles. The van der Waals surface area contributed by atoms with Crippen molar-refractivity contribution in [3.8, 4) is 11.5 Å². The number of ether oxygens (including phenoxy) is 2. The Morgan fingerprint density at radius 2 is 1.92 bits per heavy atom. The zero-order valence-corrected chi connectivity index (χ0v) is 14.8. The fraction of sp³-hybridized carbons (Fsp3) is 0.286. The van der Waals surface area contributed by atoms with Crippen molar-refractivity contribution in [2.24, 2.45) is 0 Å². The first-order valence-electron chi connectivity index (χ1n) is 8.53. The maximum absolute atomic E-state index is 11.9. The van der Waals surface area contributed by atoms with Crippen LogP contribution in [0.25, 0.3) is 6.08 Å². The summed E-state index contributed by atoms with van der Waals surface area (Å²) < 4.78 is 11.0. The zero-order valence-electron chi connectivity index (χ0n) is 14.8. The Labute approximate surface area is 149 Å². The fourth-order valence-electron chi connectivity index (χ4n) is 2.32. The number of hydrogen-bond donors (Lipinski definition) is 1. The molecule has 0 atom stereocenters. The molecule has 4 nitrogen and oxygen atoms in total. The standard InChI is InChI=1S/C21H25NO3/c1-3-15-25-19-11-9-18(16-20(19)24-2)10-12-21(23)22-14-13-17-7-5-4-6-8-17/h4-12,16H,3,13-15H2,1-2H3,(H,22,23)/b12-10+. The molecule has 0 saturated carbocycles. The summed E-state index contributed by atoms with van der Waals surface area (Å²) in [4.78, 5) is 11.9. The number of carbonyl (C=O) groups excluding carboxylic acids is 1. The minimum Gasteiger partial charge on any atom is -0.493 e. The van der Waals surface area contributed by atoms with Crippen LogP contribution in [0.2, 0.25) is 0 Å². The lowest BCUT2D eigenvalue weighted by molar-refractivity contribution is -0.116. The average molecular weight is 339 g/mol. The summed E-state index contributed by atoms with van der Waals surface area (Å²) in [7, 11) is 1.61. The topological polar surface area (TPSA) is 47.6 Å². The van der Waals surface area contributed by atoms with Crippen molar-refractivity contribution in [1.29, 1.82) is 0 Å². The van der Waals surface area contributed by atoms with Gasteiger partial charge in [-0.3, -0.25) is 4.79 Å². The summed E-state index contributed by atoms with van der Waals surface area (Å²) >= 11 is 0. The van der Waals surface area contributed by atoms with Crippen LogP contribution in [0.1, 0.15) is 24.5 Å². The molecule has 2 rings (SSSR count). The highest BCUT2D eigenvalue weighted by atomic mass is 16.5. The van der Waals surface area contributed by atoms with Crippen molar-refractivity contribution in [3.05, 3.63) is 65.7 Å². The van der Waals surface area contributed by atoms with Crippen LogP contribution in [0.4, 0.5) is 0 Å². The molecule has 0 radical (unpaired) electrons. The second kappa shape index (κ2) is 10.2. The largest absolute Gasteiger partial charge is 0.493 e. The van der Waals surface area contributed by atoms with Crippen molar-refractivity contribution in [1.82, 2.24) is 5.32 Å². The minimum atomic E-state index is -0.110. The second-order valence-electron chi connectivity index (χ2n) is 5.62. The average Bonchev–Trinajstić information content (AvgIpc) is 2.65. The van der Waals surface area contributed by atoms with Gasteiger partial charge >= 0.3 is 0 Å². The van der Waals surface area contributed by atoms with Crippen LogP contribution >= 0.6 is 0 Å². The Hall–Kier alpha value is -2.75. The number of amides is 1. The van der Waals surface area contributed by atoms with Crippen LogP contribution in [0, 0.1) is 0 Å². The van der Waals surface area contributed by atoms with Gasteiger partial charge in [-0.25, -0.2) is 0 Å². The van der Waals surface area contributed by atoms with Crippen LogP contribution in [0.15, 0.2) is 54.6 Å². The van der Waals surface area contributed by atoms with Gasteiger partial charge in [0, 0.05) is 12.6 Å². The minimum absolute atomic E-state index is 0.110. The van der Waals surface area contributed by atoms with Gasteiger partial charge in [-0.1, -0.05) is 43.3 Å². The van der Waals surface area contributed by atoms with Crippen molar-refractivity contribution in [3.63, 3.8) is 0 Å². The molecule has 0 spiro atoms. The zero-order chi connectivity index (χ0) is 17.9. The molecule has 0 aliphatic rings.